The molecule has 2 aliphatic rings. The molecule has 2 atom stereocenters. The van der Waals surface area contributed by atoms with Crippen molar-refractivity contribution < 1.29 is 23.6 Å². The highest BCUT2D eigenvalue weighted by molar-refractivity contribution is 6.00. The highest BCUT2D eigenvalue weighted by Crippen LogP contribution is 2.18. The summed E-state index contributed by atoms with van der Waals surface area (Å²) in [6.07, 6.45) is 1.22. The van der Waals surface area contributed by atoms with Crippen LogP contribution in [-0.4, -0.2) is 71.7 Å². The van der Waals surface area contributed by atoms with E-state index in [0.717, 1.165) is 12.5 Å². The van der Waals surface area contributed by atoms with Gasteiger partial charge in [0.2, 0.25) is 11.8 Å². The molecular weight excluding hydrogens is 427 g/mol. The van der Waals surface area contributed by atoms with Crippen molar-refractivity contribution in [1.82, 2.24) is 20.4 Å². The first-order chi connectivity index (χ1) is 15.9. The van der Waals surface area contributed by atoms with E-state index >= 15 is 0 Å². The summed E-state index contributed by atoms with van der Waals surface area (Å²) in [5.74, 6) is -2.10. The van der Waals surface area contributed by atoms with Gasteiger partial charge in [-0.05, 0) is 43.2 Å². The number of piperazine rings is 1. The molecule has 9 heteroatoms. The Morgan fingerprint density at radius 3 is 2.45 bits per heavy atom. The number of nitrogens with one attached hydrogen (secondary N) is 2. The van der Waals surface area contributed by atoms with Gasteiger partial charge in [-0.25, -0.2) is 4.39 Å². The molecule has 4 rings (SSSR count). The molecule has 2 aliphatic heterocycles. The molecule has 8 nitrogen and oxygen atoms in total. The first-order valence-electron chi connectivity index (χ1n) is 10.9. The second-order valence-electron chi connectivity index (χ2n) is 8.14. The average Bonchev–Trinajstić information content (AvgIpc) is 2.84. The van der Waals surface area contributed by atoms with Crippen molar-refractivity contribution in [1.29, 1.82) is 0 Å². The molecular formula is C24H25FN4O4. The first kappa shape index (κ1) is 22.4. The highest BCUT2D eigenvalue weighted by atomic mass is 19.1. The molecule has 0 saturated carbocycles. The van der Waals surface area contributed by atoms with Gasteiger partial charge >= 0.3 is 0 Å². The van der Waals surface area contributed by atoms with E-state index in [1.54, 1.807) is 30.3 Å². The Morgan fingerprint density at radius 1 is 0.970 bits per heavy atom. The van der Waals surface area contributed by atoms with Gasteiger partial charge in [0.15, 0.2) is 0 Å². The summed E-state index contributed by atoms with van der Waals surface area (Å²) < 4.78 is 13.7. The van der Waals surface area contributed by atoms with Crippen molar-refractivity contribution in [3.63, 3.8) is 0 Å². The zero-order valence-corrected chi connectivity index (χ0v) is 18.0. The summed E-state index contributed by atoms with van der Waals surface area (Å²) in [5.41, 5.74) is 0.597. The van der Waals surface area contributed by atoms with Crippen molar-refractivity contribution in [3.8, 4) is 0 Å². The zero-order valence-electron chi connectivity index (χ0n) is 18.0. The minimum Gasteiger partial charge on any atom is -0.354 e. The van der Waals surface area contributed by atoms with E-state index < -0.39 is 29.7 Å². The van der Waals surface area contributed by atoms with Crippen LogP contribution in [0.5, 0.6) is 0 Å². The van der Waals surface area contributed by atoms with Crippen LogP contribution in [0.15, 0.2) is 54.6 Å². The summed E-state index contributed by atoms with van der Waals surface area (Å²) in [7, 11) is 0. The molecule has 4 amide bonds. The molecule has 0 bridgehead atoms. The number of halogens is 1. The Morgan fingerprint density at radius 2 is 1.73 bits per heavy atom. The Labute approximate surface area is 190 Å². The standard InChI is InChI=1S/C24H25FN4O4/c25-18-9-4-8-17(14-18)24(33)29-13-12-28(23(32)16-6-2-1-3-7-16)15-20(29)22(31)27-19-10-5-11-26-21(19)30/h1-4,6-9,14,19-20H,5,10-13,15H2,(H,26,30)(H,27,31)/t19-,20+/m1/s1. The van der Waals surface area contributed by atoms with Crippen LogP contribution < -0.4 is 10.6 Å². The molecule has 2 saturated heterocycles. The molecule has 2 N–H and O–H groups in total. The molecule has 2 aromatic carbocycles. The molecule has 0 aliphatic carbocycles. The lowest BCUT2D eigenvalue weighted by atomic mass is 10.0. The van der Waals surface area contributed by atoms with Gasteiger partial charge in [0.25, 0.3) is 11.8 Å². The van der Waals surface area contributed by atoms with E-state index in [0.29, 0.717) is 18.5 Å². The molecule has 33 heavy (non-hydrogen) atoms. The molecule has 172 valence electrons. The van der Waals surface area contributed by atoms with Crippen LogP contribution in [0.4, 0.5) is 4.39 Å². The lowest BCUT2D eigenvalue weighted by Gasteiger charge is -2.41. The van der Waals surface area contributed by atoms with Crippen LogP contribution in [0.1, 0.15) is 33.6 Å². The molecule has 0 unspecified atom stereocenters. The van der Waals surface area contributed by atoms with E-state index in [1.807, 2.05) is 0 Å². The predicted octanol–water partition coefficient (Wildman–Crippen LogP) is 1.19. The molecule has 0 spiro atoms. The van der Waals surface area contributed by atoms with Crippen molar-refractivity contribution in [2.75, 3.05) is 26.2 Å². The topological polar surface area (TPSA) is 98.8 Å². The van der Waals surface area contributed by atoms with Gasteiger partial charge in [0.05, 0.1) is 6.54 Å². The second kappa shape index (κ2) is 9.81. The maximum Gasteiger partial charge on any atom is 0.254 e. The number of piperidine rings is 1. The van der Waals surface area contributed by atoms with Crippen LogP contribution in [0.25, 0.3) is 0 Å². The fourth-order valence-corrected chi connectivity index (χ4v) is 4.16. The summed E-state index contributed by atoms with van der Waals surface area (Å²) in [6, 6.07) is 12.2. The Kier molecular flexibility index (Phi) is 6.67. The number of nitrogens with zero attached hydrogens (tertiary/aromatic N) is 2. The van der Waals surface area contributed by atoms with Gasteiger partial charge in [-0.15, -0.1) is 0 Å². The van der Waals surface area contributed by atoms with E-state index in [-0.39, 0.29) is 37.0 Å². The third kappa shape index (κ3) is 5.02. The van der Waals surface area contributed by atoms with Crippen LogP contribution in [-0.2, 0) is 9.59 Å². The first-order valence-corrected chi connectivity index (χ1v) is 10.9. The lowest BCUT2D eigenvalue weighted by Crippen LogP contribution is -2.63. The minimum absolute atomic E-state index is 0.0328. The number of carbonyl (C=O) groups excluding carboxylic acids is 4. The quantitative estimate of drug-likeness (QED) is 0.728. The Hall–Kier alpha value is -3.75. The van der Waals surface area contributed by atoms with Crippen LogP contribution in [0.2, 0.25) is 0 Å². The van der Waals surface area contributed by atoms with E-state index in [9.17, 15) is 23.6 Å². The lowest BCUT2D eigenvalue weighted by molar-refractivity contribution is -0.133. The van der Waals surface area contributed by atoms with Crippen molar-refractivity contribution in [3.05, 3.63) is 71.5 Å². The molecule has 0 aromatic heterocycles. The van der Waals surface area contributed by atoms with Crippen LogP contribution in [0.3, 0.4) is 0 Å². The third-order valence-electron chi connectivity index (χ3n) is 5.93. The van der Waals surface area contributed by atoms with Gasteiger partial charge in [0.1, 0.15) is 17.9 Å². The number of hydrogen-bond acceptors (Lipinski definition) is 4. The number of benzene rings is 2. The minimum atomic E-state index is -1.02. The van der Waals surface area contributed by atoms with Gasteiger partial charge in [0, 0.05) is 30.8 Å². The number of carbonyl (C=O) groups is 4. The molecule has 0 radical (unpaired) electrons. The molecule has 2 aromatic rings. The average molecular weight is 452 g/mol. The summed E-state index contributed by atoms with van der Waals surface area (Å²) in [5, 5.41) is 5.44. The molecule has 2 heterocycles. The fraction of sp³-hybridized carbons (Fsp3) is 0.333. The Balaban J connectivity index is 1.57. The zero-order chi connectivity index (χ0) is 23.4. The fourth-order valence-electron chi connectivity index (χ4n) is 4.16. The summed E-state index contributed by atoms with van der Waals surface area (Å²) in [4.78, 5) is 54.4. The highest BCUT2D eigenvalue weighted by Gasteiger charge is 2.39. The van der Waals surface area contributed by atoms with E-state index in [4.69, 9.17) is 0 Å². The summed E-state index contributed by atoms with van der Waals surface area (Å²) in [6.45, 7) is 0.846. The molecule has 2 fully saturated rings. The number of amides is 4. The number of rotatable bonds is 4. The maximum absolute atomic E-state index is 13.7. The largest absolute Gasteiger partial charge is 0.354 e. The Bertz CT molecular complexity index is 1060. The van der Waals surface area contributed by atoms with Crippen LogP contribution in [0, 0.1) is 5.82 Å². The maximum atomic E-state index is 13.7. The smallest absolute Gasteiger partial charge is 0.254 e. The summed E-state index contributed by atoms with van der Waals surface area (Å²) >= 11 is 0. The van der Waals surface area contributed by atoms with Crippen molar-refractivity contribution >= 4 is 23.6 Å². The van der Waals surface area contributed by atoms with Gasteiger partial charge in [-0.3, -0.25) is 19.2 Å². The van der Waals surface area contributed by atoms with Gasteiger partial charge < -0.3 is 20.4 Å². The van der Waals surface area contributed by atoms with Gasteiger partial charge in [-0.2, -0.15) is 0 Å². The van der Waals surface area contributed by atoms with E-state index in [2.05, 4.69) is 10.6 Å². The SMILES string of the molecule is O=C1NCCC[C@H]1NC(=O)[C@@H]1CN(C(=O)c2ccccc2)CCN1C(=O)c1cccc(F)c1. The second-order valence-corrected chi connectivity index (χ2v) is 8.14. The van der Waals surface area contributed by atoms with E-state index in [1.165, 1.54) is 28.0 Å². The predicted molar refractivity (Wildman–Crippen MR) is 118 cm³/mol. The third-order valence-corrected chi connectivity index (χ3v) is 5.93. The van der Waals surface area contributed by atoms with Crippen LogP contribution >= 0.6 is 0 Å². The van der Waals surface area contributed by atoms with Gasteiger partial charge in [-0.1, -0.05) is 24.3 Å². The number of hydrogen-bond donors (Lipinski definition) is 2. The monoisotopic (exact) mass is 452 g/mol. The van der Waals surface area contributed by atoms with Crippen molar-refractivity contribution in [2.24, 2.45) is 0 Å². The van der Waals surface area contributed by atoms with Crippen molar-refractivity contribution in [2.45, 2.75) is 24.9 Å². The normalized spacial score (nSPS) is 20.7.